The number of likely N-dealkylation sites (tertiary alicyclic amines) is 2. The number of hydrogen-bond donors (Lipinski definition) is 6. The molecule has 4 saturated heterocycles. The summed E-state index contributed by atoms with van der Waals surface area (Å²) in [5.41, 5.74) is 8.14. The van der Waals surface area contributed by atoms with Crippen LogP contribution in [0.3, 0.4) is 0 Å². The number of ether oxygens (including phenoxy) is 2. The van der Waals surface area contributed by atoms with Crippen LogP contribution in [-0.2, 0) is 20.7 Å². The van der Waals surface area contributed by atoms with Crippen molar-refractivity contribution in [2.45, 2.75) is 115 Å². The van der Waals surface area contributed by atoms with Crippen LogP contribution < -0.4 is 20.9 Å². The van der Waals surface area contributed by atoms with Gasteiger partial charge in [-0.1, -0.05) is 52.0 Å². The van der Waals surface area contributed by atoms with Crippen LogP contribution in [0, 0.1) is 11.8 Å². The second kappa shape index (κ2) is 18.9. The van der Waals surface area contributed by atoms with Gasteiger partial charge in [0, 0.05) is 24.8 Å². The first-order valence-electron chi connectivity index (χ1n) is 23.5. The summed E-state index contributed by atoms with van der Waals surface area (Å²) in [4.78, 5) is 73.5. The van der Waals surface area contributed by atoms with E-state index in [9.17, 15) is 24.3 Å². The molecule has 0 spiro atoms. The van der Waals surface area contributed by atoms with Gasteiger partial charge in [0.05, 0.1) is 59.4 Å². The molecule has 9 rings (SSSR count). The monoisotopic (exact) mass is 902 g/mol. The molecule has 0 aliphatic carbocycles. The van der Waals surface area contributed by atoms with Gasteiger partial charge in [-0.15, -0.1) is 0 Å². The zero-order valence-electron chi connectivity index (χ0n) is 38.4. The summed E-state index contributed by atoms with van der Waals surface area (Å²) in [5, 5.41) is 17.9. The maximum atomic E-state index is 13.9. The SMILES string of the molecule is COC(=O)NC(C(=O)N1CCCC1c1nc2ccc(C3CCC(c4ccc5nc(C6CCCN6CC(NC(=O)O)C(C)C)[nH]c5c4)N3c3ccc(CC4COC(=O)N4)cc3)cc2[nH]1)C(C)C. The van der Waals surface area contributed by atoms with E-state index < -0.39 is 18.2 Å². The molecule has 2 aromatic heterocycles. The molecule has 6 N–H and O–H groups in total. The minimum absolute atomic E-state index is 0.0358. The number of methoxy groups -OCH3 is 1. The standard InChI is InChI=1S/C49H62N10O7/c1-27(2)38(55-47(61)62)25-57-20-6-8-41(57)44-51-34-16-12-30(23-36(34)53-44)39-18-19-40(59(39)33-14-10-29(11-15-33)22-32-26-66-49(64)50-32)31-13-17-35-37(24-31)54-45(52-35)42-9-7-21-58(42)46(60)43(28(3)4)56-48(63)65-5/h10-17,23-24,27-28,32,38-43,55H,6-9,18-22,25-26H2,1-5H3,(H,50,64)(H,51,53)(H,52,54)(H,56,63)(H,61,62). The minimum atomic E-state index is -1.00. The number of cyclic esters (lactones) is 1. The molecule has 4 aliphatic rings. The zero-order valence-corrected chi connectivity index (χ0v) is 38.4. The summed E-state index contributed by atoms with van der Waals surface area (Å²) in [5.74, 6) is 1.53. The third-order valence-corrected chi connectivity index (χ3v) is 14.1. The molecule has 0 saturated carbocycles. The van der Waals surface area contributed by atoms with Gasteiger partial charge in [0.15, 0.2) is 0 Å². The zero-order chi connectivity index (χ0) is 46.2. The van der Waals surface area contributed by atoms with Gasteiger partial charge in [0.25, 0.3) is 0 Å². The molecule has 17 heteroatoms. The van der Waals surface area contributed by atoms with Gasteiger partial charge in [-0.3, -0.25) is 9.69 Å². The number of alkyl carbamates (subject to hydrolysis) is 2. The number of rotatable bonds is 14. The van der Waals surface area contributed by atoms with Gasteiger partial charge in [-0.25, -0.2) is 24.4 Å². The Morgan fingerprint density at radius 2 is 1.42 bits per heavy atom. The molecule has 5 aromatic rings. The third kappa shape index (κ3) is 9.22. The van der Waals surface area contributed by atoms with Crippen molar-refractivity contribution in [1.29, 1.82) is 0 Å². The van der Waals surface area contributed by atoms with Crippen LogP contribution in [0.1, 0.15) is 119 Å². The van der Waals surface area contributed by atoms with Crippen molar-refractivity contribution in [2.24, 2.45) is 11.8 Å². The third-order valence-electron chi connectivity index (χ3n) is 14.1. The highest BCUT2D eigenvalue weighted by Gasteiger charge is 2.39. The Hall–Kier alpha value is -6.36. The van der Waals surface area contributed by atoms with Crippen molar-refractivity contribution in [3.8, 4) is 0 Å². The Kier molecular flexibility index (Phi) is 12.8. The summed E-state index contributed by atoms with van der Waals surface area (Å²) < 4.78 is 9.98. The Morgan fingerprint density at radius 3 is 2.00 bits per heavy atom. The fourth-order valence-electron chi connectivity index (χ4n) is 10.7. The van der Waals surface area contributed by atoms with Crippen molar-refractivity contribution in [2.75, 3.05) is 38.3 Å². The topological polar surface area (TPSA) is 210 Å². The first-order valence-corrected chi connectivity index (χ1v) is 23.5. The van der Waals surface area contributed by atoms with Crippen LogP contribution in [0.25, 0.3) is 22.1 Å². The van der Waals surface area contributed by atoms with Crippen LogP contribution in [-0.4, -0.2) is 111 Å². The number of nitrogens with zero attached hydrogens (tertiary/aromatic N) is 5. The number of fused-ring (bicyclic) bond motifs is 2. The Bertz CT molecular complexity index is 2570. The van der Waals surface area contributed by atoms with E-state index in [0.29, 0.717) is 26.1 Å². The van der Waals surface area contributed by atoms with Crippen LogP contribution >= 0.6 is 0 Å². The van der Waals surface area contributed by atoms with E-state index in [1.165, 1.54) is 12.7 Å². The predicted molar refractivity (Wildman–Crippen MR) is 249 cm³/mol. The highest BCUT2D eigenvalue weighted by Crippen LogP contribution is 2.48. The van der Waals surface area contributed by atoms with Crippen LogP contribution in [0.4, 0.5) is 20.1 Å². The number of carboxylic acid groups (broad SMARTS) is 1. The van der Waals surface area contributed by atoms with Crippen molar-refractivity contribution in [3.05, 3.63) is 89.0 Å². The molecule has 6 heterocycles. The fraction of sp³-hybridized carbons (Fsp3) is 0.510. The molecule has 7 atom stereocenters. The number of imidazole rings is 2. The lowest BCUT2D eigenvalue weighted by molar-refractivity contribution is -0.135. The number of anilines is 1. The maximum absolute atomic E-state index is 13.9. The molecule has 0 radical (unpaired) electrons. The molecule has 3 aromatic carbocycles. The van der Waals surface area contributed by atoms with Crippen LogP contribution in [0.15, 0.2) is 60.7 Å². The molecular formula is C49H62N10O7. The van der Waals surface area contributed by atoms with Crippen LogP contribution in [0.2, 0.25) is 0 Å². The highest BCUT2D eigenvalue weighted by atomic mass is 16.6. The first kappa shape index (κ1) is 44.8. The molecule has 66 heavy (non-hydrogen) atoms. The Labute approximate surface area is 384 Å². The van der Waals surface area contributed by atoms with Crippen molar-refractivity contribution >= 4 is 51.9 Å². The number of nitrogens with one attached hydrogen (secondary N) is 5. The van der Waals surface area contributed by atoms with Gasteiger partial charge in [0.2, 0.25) is 5.91 Å². The smallest absolute Gasteiger partial charge is 0.407 e. The minimum Gasteiger partial charge on any atom is -0.465 e. The molecule has 0 bridgehead atoms. The average molecular weight is 903 g/mol. The lowest BCUT2D eigenvalue weighted by Gasteiger charge is -2.33. The summed E-state index contributed by atoms with van der Waals surface area (Å²) >= 11 is 0. The Morgan fingerprint density at radius 1 is 0.803 bits per heavy atom. The highest BCUT2D eigenvalue weighted by molar-refractivity contribution is 5.87. The number of amides is 4. The van der Waals surface area contributed by atoms with E-state index in [1.807, 2.05) is 32.6 Å². The number of carbonyl (C=O) groups excluding carboxylic acids is 3. The first-order chi connectivity index (χ1) is 31.8. The summed E-state index contributed by atoms with van der Waals surface area (Å²) in [6, 6.07) is 20.6. The Balaban J connectivity index is 1.000. The number of aromatic nitrogens is 4. The fourth-order valence-corrected chi connectivity index (χ4v) is 10.7. The second-order valence-corrected chi connectivity index (χ2v) is 19.1. The van der Waals surface area contributed by atoms with Gasteiger partial charge >= 0.3 is 18.3 Å². The van der Waals surface area contributed by atoms with E-state index in [4.69, 9.17) is 19.4 Å². The van der Waals surface area contributed by atoms with Gasteiger partial charge in [-0.05, 0) is 116 Å². The number of hydrogen-bond acceptors (Lipinski definition) is 10. The van der Waals surface area contributed by atoms with Crippen molar-refractivity contribution < 1.29 is 33.8 Å². The average Bonchev–Trinajstić information content (AvgIpc) is 4.16. The number of carbonyl (C=O) groups is 4. The van der Waals surface area contributed by atoms with E-state index in [1.54, 1.807) is 0 Å². The van der Waals surface area contributed by atoms with Crippen LogP contribution in [0.5, 0.6) is 0 Å². The number of benzene rings is 3. The van der Waals surface area contributed by atoms with E-state index >= 15 is 0 Å². The molecule has 17 nitrogen and oxygen atoms in total. The molecular weight excluding hydrogens is 841 g/mol. The van der Waals surface area contributed by atoms with Gasteiger partial charge in [0.1, 0.15) is 24.3 Å². The maximum Gasteiger partial charge on any atom is 0.407 e. The normalized spacial score (nSPS) is 23.2. The van der Waals surface area contributed by atoms with Gasteiger partial charge in [-0.2, -0.15) is 0 Å². The predicted octanol–water partition coefficient (Wildman–Crippen LogP) is 7.65. The van der Waals surface area contributed by atoms with Crippen molar-refractivity contribution in [3.63, 3.8) is 0 Å². The summed E-state index contributed by atoms with van der Waals surface area (Å²) in [7, 11) is 1.30. The molecule has 4 aliphatic heterocycles. The molecule has 4 fully saturated rings. The summed E-state index contributed by atoms with van der Waals surface area (Å²) in [6.07, 6.45) is 4.05. The van der Waals surface area contributed by atoms with Crippen molar-refractivity contribution in [1.82, 2.24) is 45.7 Å². The lowest BCUT2D eigenvalue weighted by Crippen LogP contribution is -2.51. The molecule has 4 amide bonds. The number of aromatic amines is 2. The van der Waals surface area contributed by atoms with E-state index in [2.05, 4.69) is 96.4 Å². The lowest BCUT2D eigenvalue weighted by atomic mass is 10.0. The largest absolute Gasteiger partial charge is 0.465 e. The quantitative estimate of drug-likeness (QED) is 0.0638. The summed E-state index contributed by atoms with van der Waals surface area (Å²) in [6.45, 7) is 10.4. The second-order valence-electron chi connectivity index (χ2n) is 19.1. The molecule has 7 unspecified atom stereocenters. The van der Waals surface area contributed by atoms with E-state index in [-0.39, 0.29) is 60.1 Å². The number of H-pyrrole nitrogens is 2. The van der Waals surface area contributed by atoms with E-state index in [0.717, 1.165) is 95.6 Å². The van der Waals surface area contributed by atoms with Gasteiger partial charge < -0.3 is 50.3 Å². The molecule has 350 valence electrons.